The summed E-state index contributed by atoms with van der Waals surface area (Å²) in [6, 6.07) is 13.5. The van der Waals surface area contributed by atoms with Crippen molar-refractivity contribution in [3.63, 3.8) is 0 Å². The lowest BCUT2D eigenvalue weighted by Gasteiger charge is -2.18. The lowest BCUT2D eigenvalue weighted by atomic mass is 10.1. The third-order valence-electron chi connectivity index (χ3n) is 3.89. The number of carbonyl (C=O) groups excluding carboxylic acids is 2. The number of hydrogen-bond donors (Lipinski definition) is 1. The van der Waals surface area contributed by atoms with E-state index in [0.717, 1.165) is 0 Å². The maximum atomic E-state index is 12.3. The molecule has 0 bridgehead atoms. The van der Waals surface area contributed by atoms with Crippen LogP contribution in [0.4, 0.5) is 5.69 Å². The number of hydrogen-bond acceptors (Lipinski definition) is 3. The van der Waals surface area contributed by atoms with Gasteiger partial charge in [0, 0.05) is 51.9 Å². The van der Waals surface area contributed by atoms with E-state index in [1.54, 1.807) is 59.7 Å². The van der Waals surface area contributed by atoms with Gasteiger partial charge in [0.05, 0.1) is 0 Å². The van der Waals surface area contributed by atoms with Crippen molar-refractivity contribution >= 4 is 28.3 Å². The summed E-state index contributed by atoms with van der Waals surface area (Å²) in [5.74, 6) is -0.276. The molecule has 6 heteroatoms. The van der Waals surface area contributed by atoms with Gasteiger partial charge in [-0.1, -0.05) is 0 Å². The van der Waals surface area contributed by atoms with Crippen molar-refractivity contribution in [2.45, 2.75) is 18.7 Å². The van der Waals surface area contributed by atoms with Crippen LogP contribution in [0, 0.1) is 0 Å². The Morgan fingerprint density at radius 3 is 1.92 bits per heavy atom. The first-order chi connectivity index (χ1) is 12.0. The van der Waals surface area contributed by atoms with Crippen molar-refractivity contribution in [1.82, 2.24) is 4.90 Å². The molecule has 0 aliphatic heterocycles. The molecule has 0 aromatic heterocycles. The van der Waals surface area contributed by atoms with Gasteiger partial charge in [0.2, 0.25) is 0 Å². The maximum absolute atomic E-state index is 12.3. The van der Waals surface area contributed by atoms with Crippen LogP contribution in [0.2, 0.25) is 0 Å². The minimum atomic E-state index is -1.07. The molecule has 0 fully saturated rings. The van der Waals surface area contributed by atoms with Crippen molar-refractivity contribution in [3.8, 4) is 0 Å². The van der Waals surface area contributed by atoms with Crippen LogP contribution in [0.3, 0.4) is 0 Å². The number of carbonyl (C=O) groups is 2. The Balaban J connectivity index is 2.06. The molecule has 0 radical (unpaired) electrons. The van der Waals surface area contributed by atoms with Crippen LogP contribution in [0.1, 0.15) is 34.6 Å². The molecular formula is C19H22N2O3S. The van der Waals surface area contributed by atoms with Crippen LogP contribution in [0.15, 0.2) is 53.4 Å². The van der Waals surface area contributed by atoms with Crippen LogP contribution < -0.4 is 5.32 Å². The average molecular weight is 358 g/mol. The lowest BCUT2D eigenvalue weighted by molar-refractivity contribution is 0.0773. The fraction of sp³-hybridized carbons (Fsp3) is 0.263. The minimum absolute atomic E-state index is 0.0222. The van der Waals surface area contributed by atoms with E-state index < -0.39 is 10.8 Å². The quantitative estimate of drug-likeness (QED) is 0.862. The third kappa shape index (κ3) is 4.76. The normalized spacial score (nSPS) is 11.6. The molecule has 0 aliphatic carbocycles. The standard InChI is InChI=1S/C19H22N2O3S/c1-4-21(5-2)19(23)15-6-10-16(11-7-15)20-18(22)14-8-12-17(13-9-14)25(3)24/h6-13H,4-5H2,1-3H3,(H,20,22). The SMILES string of the molecule is CCN(CC)C(=O)c1ccc(NC(=O)c2ccc(S(C)=O)cc2)cc1. The molecule has 1 N–H and O–H groups in total. The van der Waals surface area contributed by atoms with Crippen molar-refractivity contribution in [1.29, 1.82) is 0 Å². The highest BCUT2D eigenvalue weighted by Crippen LogP contribution is 2.14. The average Bonchev–Trinajstić information content (AvgIpc) is 2.63. The summed E-state index contributed by atoms with van der Waals surface area (Å²) >= 11 is 0. The highest BCUT2D eigenvalue weighted by Gasteiger charge is 2.12. The second-order valence-electron chi connectivity index (χ2n) is 5.49. The molecule has 0 aliphatic rings. The predicted molar refractivity (Wildman–Crippen MR) is 100 cm³/mol. The number of nitrogens with one attached hydrogen (secondary N) is 1. The molecule has 1 unspecified atom stereocenters. The lowest BCUT2D eigenvalue weighted by Crippen LogP contribution is -2.30. The summed E-state index contributed by atoms with van der Waals surface area (Å²) in [7, 11) is -1.07. The zero-order valence-corrected chi connectivity index (χ0v) is 15.4. The van der Waals surface area contributed by atoms with Gasteiger partial charge in [-0.2, -0.15) is 0 Å². The Hall–Kier alpha value is -2.47. The minimum Gasteiger partial charge on any atom is -0.339 e. The topological polar surface area (TPSA) is 66.5 Å². The monoisotopic (exact) mass is 358 g/mol. The van der Waals surface area contributed by atoms with Crippen LogP contribution in [-0.2, 0) is 10.8 Å². The van der Waals surface area contributed by atoms with Crippen molar-refractivity contribution < 1.29 is 13.8 Å². The Kier molecular flexibility index (Phi) is 6.47. The number of rotatable bonds is 6. The van der Waals surface area contributed by atoms with Crippen molar-refractivity contribution in [2.75, 3.05) is 24.7 Å². The summed E-state index contributed by atoms with van der Waals surface area (Å²) in [5, 5.41) is 2.79. The number of benzene rings is 2. The van der Waals surface area contributed by atoms with Gasteiger partial charge in [0.25, 0.3) is 11.8 Å². The fourth-order valence-corrected chi connectivity index (χ4v) is 2.91. The Morgan fingerprint density at radius 2 is 1.44 bits per heavy atom. The van der Waals surface area contributed by atoms with E-state index in [1.807, 2.05) is 13.8 Å². The molecule has 2 rings (SSSR count). The summed E-state index contributed by atoms with van der Waals surface area (Å²) in [6.45, 7) is 5.20. The second-order valence-corrected chi connectivity index (χ2v) is 6.87. The first-order valence-corrected chi connectivity index (χ1v) is 9.66. The first-order valence-electron chi connectivity index (χ1n) is 8.10. The van der Waals surface area contributed by atoms with Crippen LogP contribution in [0.5, 0.6) is 0 Å². The highest BCUT2D eigenvalue weighted by molar-refractivity contribution is 7.84. The van der Waals surface area contributed by atoms with Gasteiger partial charge < -0.3 is 10.2 Å². The van der Waals surface area contributed by atoms with Crippen molar-refractivity contribution in [2.24, 2.45) is 0 Å². The van der Waals surface area contributed by atoms with E-state index in [4.69, 9.17) is 0 Å². The number of amides is 2. The van der Waals surface area contributed by atoms with Crippen LogP contribution >= 0.6 is 0 Å². The van der Waals surface area contributed by atoms with Crippen LogP contribution in [0.25, 0.3) is 0 Å². The number of anilines is 1. The molecule has 5 nitrogen and oxygen atoms in total. The van der Waals surface area contributed by atoms with E-state index in [1.165, 1.54) is 0 Å². The van der Waals surface area contributed by atoms with Gasteiger partial charge in [-0.25, -0.2) is 0 Å². The molecule has 2 aromatic rings. The molecule has 0 saturated heterocycles. The molecular weight excluding hydrogens is 336 g/mol. The molecule has 2 amide bonds. The summed E-state index contributed by atoms with van der Waals surface area (Å²) in [6.07, 6.45) is 1.59. The zero-order valence-electron chi connectivity index (χ0n) is 14.6. The molecule has 132 valence electrons. The number of nitrogens with zero attached hydrogens (tertiary/aromatic N) is 1. The van der Waals surface area contributed by atoms with E-state index in [0.29, 0.717) is 34.8 Å². The van der Waals surface area contributed by atoms with Gasteiger partial charge in [0.15, 0.2) is 0 Å². The van der Waals surface area contributed by atoms with Gasteiger partial charge in [-0.3, -0.25) is 13.8 Å². The van der Waals surface area contributed by atoms with E-state index >= 15 is 0 Å². The van der Waals surface area contributed by atoms with E-state index in [9.17, 15) is 13.8 Å². The van der Waals surface area contributed by atoms with Crippen LogP contribution in [-0.4, -0.2) is 40.3 Å². The highest BCUT2D eigenvalue weighted by atomic mass is 32.2. The summed E-state index contributed by atoms with van der Waals surface area (Å²) in [4.78, 5) is 26.9. The van der Waals surface area contributed by atoms with Gasteiger partial charge in [-0.05, 0) is 62.4 Å². The van der Waals surface area contributed by atoms with Gasteiger partial charge >= 0.3 is 0 Å². The third-order valence-corrected chi connectivity index (χ3v) is 4.82. The maximum Gasteiger partial charge on any atom is 0.255 e. The molecule has 0 heterocycles. The molecule has 1 atom stereocenters. The predicted octanol–water partition coefficient (Wildman–Crippen LogP) is 3.16. The second kappa shape index (κ2) is 8.58. The van der Waals surface area contributed by atoms with E-state index in [-0.39, 0.29) is 11.8 Å². The zero-order chi connectivity index (χ0) is 18.4. The molecule has 25 heavy (non-hydrogen) atoms. The molecule has 0 saturated carbocycles. The smallest absolute Gasteiger partial charge is 0.255 e. The van der Waals surface area contributed by atoms with E-state index in [2.05, 4.69) is 5.32 Å². The summed E-state index contributed by atoms with van der Waals surface area (Å²) in [5.41, 5.74) is 1.69. The first kappa shape index (κ1) is 18.9. The van der Waals surface area contributed by atoms with Gasteiger partial charge in [-0.15, -0.1) is 0 Å². The molecule has 0 spiro atoms. The van der Waals surface area contributed by atoms with Crippen molar-refractivity contribution in [3.05, 3.63) is 59.7 Å². The van der Waals surface area contributed by atoms with Gasteiger partial charge in [0.1, 0.15) is 0 Å². The molecule has 2 aromatic carbocycles. The Bertz CT molecular complexity index is 766. The fourth-order valence-electron chi connectivity index (χ4n) is 2.39. The largest absolute Gasteiger partial charge is 0.339 e. The Labute approximate surface area is 150 Å². The summed E-state index contributed by atoms with van der Waals surface area (Å²) < 4.78 is 11.4. The Morgan fingerprint density at radius 1 is 0.920 bits per heavy atom.